The van der Waals surface area contributed by atoms with Crippen LogP contribution in [0.2, 0.25) is 0 Å². The molecule has 3 heterocycles. The standard InChI is InChI=1S/C23H24N4O3/c28-20-8-7-19(22(29)26-20)27-13-16-5-1-4-15(21(16)23(27)30)12-25-18-6-2-3-14-11-24-10-9-17(14)18/h1-6,19,24-25H,7-13H2,(H,26,28,29). The molecule has 3 aliphatic heterocycles. The number of nitrogens with one attached hydrogen (secondary N) is 3. The second kappa shape index (κ2) is 7.57. The molecular formula is C23H24N4O3. The van der Waals surface area contributed by atoms with Crippen molar-refractivity contribution in [3.05, 3.63) is 64.2 Å². The molecule has 0 aromatic heterocycles. The molecule has 0 aliphatic carbocycles. The molecule has 1 fully saturated rings. The van der Waals surface area contributed by atoms with Crippen LogP contribution in [-0.2, 0) is 35.6 Å². The van der Waals surface area contributed by atoms with Gasteiger partial charge >= 0.3 is 0 Å². The van der Waals surface area contributed by atoms with Crippen molar-refractivity contribution in [2.24, 2.45) is 0 Å². The van der Waals surface area contributed by atoms with Crippen molar-refractivity contribution in [2.45, 2.75) is 44.9 Å². The van der Waals surface area contributed by atoms with Crippen molar-refractivity contribution in [3.63, 3.8) is 0 Å². The van der Waals surface area contributed by atoms with Crippen molar-refractivity contribution >= 4 is 23.4 Å². The van der Waals surface area contributed by atoms with Crippen molar-refractivity contribution in [1.82, 2.24) is 15.5 Å². The van der Waals surface area contributed by atoms with Gasteiger partial charge in [0.2, 0.25) is 11.8 Å². The Morgan fingerprint density at radius 2 is 1.87 bits per heavy atom. The molecule has 3 amide bonds. The lowest BCUT2D eigenvalue weighted by atomic mass is 9.98. The van der Waals surface area contributed by atoms with E-state index in [0.717, 1.165) is 36.3 Å². The number of carbonyl (C=O) groups excluding carboxylic acids is 3. The summed E-state index contributed by atoms with van der Waals surface area (Å²) in [7, 11) is 0. The highest BCUT2D eigenvalue weighted by molar-refractivity contribution is 6.06. The highest BCUT2D eigenvalue weighted by Gasteiger charge is 2.39. The molecule has 1 unspecified atom stereocenters. The van der Waals surface area contributed by atoms with Gasteiger partial charge in [-0.25, -0.2) is 0 Å². The third-order valence-electron chi connectivity index (χ3n) is 6.25. The maximum Gasteiger partial charge on any atom is 0.255 e. The van der Waals surface area contributed by atoms with E-state index >= 15 is 0 Å². The first-order chi connectivity index (χ1) is 14.6. The number of hydrogen-bond donors (Lipinski definition) is 3. The van der Waals surface area contributed by atoms with Gasteiger partial charge in [-0.2, -0.15) is 0 Å². The summed E-state index contributed by atoms with van der Waals surface area (Å²) in [4.78, 5) is 38.6. The van der Waals surface area contributed by atoms with E-state index in [1.54, 1.807) is 4.90 Å². The molecule has 7 heteroatoms. The molecule has 3 N–H and O–H groups in total. The molecule has 0 spiro atoms. The van der Waals surface area contributed by atoms with E-state index in [4.69, 9.17) is 0 Å². The number of benzene rings is 2. The first-order valence-electron chi connectivity index (χ1n) is 10.4. The second-order valence-corrected chi connectivity index (χ2v) is 8.07. The highest BCUT2D eigenvalue weighted by atomic mass is 16.2. The quantitative estimate of drug-likeness (QED) is 0.675. The smallest absolute Gasteiger partial charge is 0.255 e. The minimum Gasteiger partial charge on any atom is -0.381 e. The predicted molar refractivity (Wildman–Crippen MR) is 112 cm³/mol. The Kier molecular flexibility index (Phi) is 4.75. The van der Waals surface area contributed by atoms with Crippen LogP contribution >= 0.6 is 0 Å². The SMILES string of the molecule is O=C1CCC(N2Cc3cccc(CNc4cccc5c4CCNC5)c3C2=O)C(=O)N1. The molecule has 0 bridgehead atoms. The zero-order valence-electron chi connectivity index (χ0n) is 16.7. The second-order valence-electron chi connectivity index (χ2n) is 8.07. The minimum absolute atomic E-state index is 0.129. The molecule has 0 radical (unpaired) electrons. The summed E-state index contributed by atoms with van der Waals surface area (Å²) < 4.78 is 0. The lowest BCUT2D eigenvalue weighted by Crippen LogP contribution is -2.52. The Labute approximate surface area is 174 Å². The van der Waals surface area contributed by atoms with Crippen molar-refractivity contribution in [2.75, 3.05) is 11.9 Å². The molecule has 1 saturated heterocycles. The molecule has 2 aromatic carbocycles. The predicted octanol–water partition coefficient (Wildman–Crippen LogP) is 1.71. The Balaban J connectivity index is 1.37. The van der Waals surface area contributed by atoms with E-state index in [0.29, 0.717) is 25.1 Å². The Morgan fingerprint density at radius 1 is 1.03 bits per heavy atom. The summed E-state index contributed by atoms with van der Waals surface area (Å²) >= 11 is 0. The number of carbonyl (C=O) groups is 3. The lowest BCUT2D eigenvalue weighted by molar-refractivity contribution is -0.136. The van der Waals surface area contributed by atoms with E-state index < -0.39 is 6.04 Å². The number of rotatable bonds is 4. The van der Waals surface area contributed by atoms with Crippen molar-refractivity contribution in [3.8, 4) is 0 Å². The molecule has 7 nitrogen and oxygen atoms in total. The van der Waals surface area contributed by atoms with Crippen molar-refractivity contribution < 1.29 is 14.4 Å². The maximum absolute atomic E-state index is 13.2. The molecule has 3 aliphatic rings. The fourth-order valence-electron chi connectivity index (χ4n) is 4.73. The van der Waals surface area contributed by atoms with E-state index in [9.17, 15) is 14.4 Å². The topological polar surface area (TPSA) is 90.5 Å². The largest absolute Gasteiger partial charge is 0.381 e. The fraction of sp³-hybridized carbons (Fsp3) is 0.348. The monoisotopic (exact) mass is 404 g/mol. The Hall–Kier alpha value is -3.19. The molecule has 5 rings (SSSR count). The number of hydrogen-bond acceptors (Lipinski definition) is 5. The van der Waals surface area contributed by atoms with Gasteiger partial charge < -0.3 is 15.5 Å². The van der Waals surface area contributed by atoms with Gasteiger partial charge in [-0.1, -0.05) is 30.3 Å². The third kappa shape index (κ3) is 3.25. The Morgan fingerprint density at radius 3 is 2.73 bits per heavy atom. The summed E-state index contributed by atoms with van der Waals surface area (Å²) in [6.45, 7) is 2.79. The van der Waals surface area contributed by atoms with Gasteiger partial charge in [0, 0.05) is 37.3 Å². The van der Waals surface area contributed by atoms with Gasteiger partial charge in [0.1, 0.15) is 6.04 Å². The van der Waals surface area contributed by atoms with E-state index in [1.165, 1.54) is 11.1 Å². The number of nitrogens with zero attached hydrogens (tertiary/aromatic N) is 1. The van der Waals surface area contributed by atoms with Gasteiger partial charge in [0.15, 0.2) is 0 Å². The average Bonchev–Trinajstić information content (AvgIpc) is 3.09. The van der Waals surface area contributed by atoms with Crippen molar-refractivity contribution in [1.29, 1.82) is 0 Å². The van der Waals surface area contributed by atoms with Crippen LogP contribution in [-0.4, -0.2) is 35.2 Å². The Bertz CT molecular complexity index is 1050. The molecule has 1 atom stereocenters. The van der Waals surface area contributed by atoms with Crippen LogP contribution in [0.4, 0.5) is 5.69 Å². The molecule has 0 saturated carbocycles. The van der Waals surface area contributed by atoms with Gasteiger partial charge in [-0.15, -0.1) is 0 Å². The zero-order valence-corrected chi connectivity index (χ0v) is 16.7. The van der Waals surface area contributed by atoms with E-state index in [-0.39, 0.29) is 24.1 Å². The van der Waals surface area contributed by atoms with Crippen LogP contribution in [0.5, 0.6) is 0 Å². The highest BCUT2D eigenvalue weighted by Crippen LogP contribution is 2.31. The summed E-state index contributed by atoms with van der Waals surface area (Å²) in [6.07, 6.45) is 1.62. The summed E-state index contributed by atoms with van der Waals surface area (Å²) in [6, 6.07) is 11.6. The minimum atomic E-state index is -0.586. The summed E-state index contributed by atoms with van der Waals surface area (Å²) in [5, 5.41) is 9.27. The van der Waals surface area contributed by atoms with Crippen LogP contribution in [0.25, 0.3) is 0 Å². The van der Waals surface area contributed by atoms with Crippen LogP contribution in [0.1, 0.15) is 45.5 Å². The zero-order chi connectivity index (χ0) is 20.7. The van der Waals surface area contributed by atoms with Gasteiger partial charge in [0.05, 0.1) is 0 Å². The summed E-state index contributed by atoms with van der Waals surface area (Å²) in [5.41, 5.74) is 6.30. The van der Waals surface area contributed by atoms with Crippen LogP contribution < -0.4 is 16.0 Å². The van der Waals surface area contributed by atoms with Gasteiger partial charge in [0.25, 0.3) is 5.91 Å². The number of anilines is 1. The third-order valence-corrected chi connectivity index (χ3v) is 6.25. The normalized spacial score (nSPS) is 20.6. The van der Waals surface area contributed by atoms with Crippen LogP contribution in [0.3, 0.4) is 0 Å². The molecular weight excluding hydrogens is 380 g/mol. The average molecular weight is 404 g/mol. The van der Waals surface area contributed by atoms with E-state index in [1.807, 2.05) is 18.2 Å². The van der Waals surface area contributed by atoms with E-state index in [2.05, 4.69) is 34.1 Å². The first kappa shape index (κ1) is 18.8. The molecule has 30 heavy (non-hydrogen) atoms. The lowest BCUT2D eigenvalue weighted by Gasteiger charge is -2.29. The first-order valence-corrected chi connectivity index (χ1v) is 10.4. The number of fused-ring (bicyclic) bond motifs is 2. The maximum atomic E-state index is 13.2. The van der Waals surface area contributed by atoms with Gasteiger partial charge in [-0.3, -0.25) is 19.7 Å². The number of amides is 3. The van der Waals surface area contributed by atoms with Crippen LogP contribution in [0, 0.1) is 0 Å². The number of piperidine rings is 1. The molecule has 2 aromatic rings. The van der Waals surface area contributed by atoms with Gasteiger partial charge in [-0.05, 0) is 47.7 Å². The summed E-state index contributed by atoms with van der Waals surface area (Å²) in [5.74, 6) is -0.778. The number of imide groups is 1. The molecule has 154 valence electrons. The fourth-order valence-corrected chi connectivity index (χ4v) is 4.73. The van der Waals surface area contributed by atoms with Crippen LogP contribution in [0.15, 0.2) is 36.4 Å².